The zero-order valence-electron chi connectivity index (χ0n) is 13.2. The minimum Gasteiger partial charge on any atom is -0.313 e. The van der Waals surface area contributed by atoms with Gasteiger partial charge in [0.25, 0.3) is 0 Å². The topological polar surface area (TPSA) is 36.1 Å². The molecule has 0 aromatic heterocycles. The van der Waals surface area contributed by atoms with E-state index in [0.717, 1.165) is 19.6 Å². The molecule has 0 unspecified atom stereocenters. The molecule has 1 rings (SSSR count). The first-order chi connectivity index (χ1) is 10.4. The molecule has 1 aromatic rings. The van der Waals surface area contributed by atoms with E-state index in [0.29, 0.717) is 0 Å². The summed E-state index contributed by atoms with van der Waals surface area (Å²) in [6.45, 7) is 3.18. The second-order valence-electron chi connectivity index (χ2n) is 5.54. The average Bonchev–Trinajstić information content (AvgIpc) is 2.53. The van der Waals surface area contributed by atoms with Crippen molar-refractivity contribution in [2.24, 2.45) is 0 Å². The highest BCUT2D eigenvalue weighted by atomic mass is 28.2. The number of benzene rings is 1. The Morgan fingerprint density at radius 3 is 1.90 bits per heavy atom. The maximum Gasteiger partial charge on any atom is 0.161 e. The van der Waals surface area contributed by atoms with Crippen LogP contribution in [-0.4, -0.2) is 23.5 Å². The van der Waals surface area contributed by atoms with Gasteiger partial charge in [0.2, 0.25) is 0 Å². The molecule has 1 aromatic carbocycles. The molecule has 4 heteroatoms. The van der Waals surface area contributed by atoms with Crippen molar-refractivity contribution >= 4 is 10.4 Å². The maximum atomic E-state index is 3.52. The van der Waals surface area contributed by atoms with Crippen LogP contribution in [0.15, 0.2) is 30.3 Å². The van der Waals surface area contributed by atoms with E-state index in [1.807, 2.05) is 0 Å². The van der Waals surface area contributed by atoms with Gasteiger partial charge in [-0.2, -0.15) is 0 Å². The Bertz CT molecular complexity index is 319. The molecule has 0 saturated heterocycles. The second kappa shape index (κ2) is 14.3. The van der Waals surface area contributed by atoms with Crippen LogP contribution in [-0.2, 0) is 6.54 Å². The highest BCUT2D eigenvalue weighted by molar-refractivity contribution is 6.03. The largest absolute Gasteiger partial charge is 0.313 e. The quantitative estimate of drug-likeness (QED) is 0.281. The third-order valence-corrected chi connectivity index (χ3v) is 3.84. The van der Waals surface area contributed by atoms with Crippen molar-refractivity contribution in [1.82, 2.24) is 15.8 Å². The summed E-state index contributed by atoms with van der Waals surface area (Å²) >= 11 is 0. The Morgan fingerprint density at radius 2 is 1.29 bits per heavy atom. The van der Waals surface area contributed by atoms with E-state index in [4.69, 9.17) is 0 Å². The highest BCUT2D eigenvalue weighted by Crippen LogP contribution is 2.08. The molecule has 0 bridgehead atoms. The lowest BCUT2D eigenvalue weighted by molar-refractivity contribution is 0.537. The lowest BCUT2D eigenvalue weighted by atomic mass is 10.1. The van der Waals surface area contributed by atoms with Gasteiger partial charge in [0.15, 0.2) is 10.4 Å². The molecule has 0 atom stereocenters. The number of rotatable bonds is 14. The van der Waals surface area contributed by atoms with Crippen LogP contribution in [0.5, 0.6) is 0 Å². The van der Waals surface area contributed by atoms with Crippen LogP contribution in [0, 0.1) is 0 Å². The summed E-state index contributed by atoms with van der Waals surface area (Å²) < 4.78 is 0. The number of hydrogen-bond donors (Lipinski definition) is 3. The Hall–Kier alpha value is -0.683. The second-order valence-corrected chi connectivity index (χ2v) is 5.79. The molecule has 0 spiro atoms. The molecule has 0 aliphatic carbocycles. The molecule has 0 heterocycles. The van der Waals surface area contributed by atoms with E-state index in [9.17, 15) is 0 Å². The van der Waals surface area contributed by atoms with Gasteiger partial charge in [0, 0.05) is 13.1 Å². The van der Waals surface area contributed by atoms with Gasteiger partial charge in [0.05, 0.1) is 0 Å². The van der Waals surface area contributed by atoms with Crippen LogP contribution in [0.1, 0.15) is 56.9 Å². The summed E-state index contributed by atoms with van der Waals surface area (Å²) in [7, 11) is 3.17. The van der Waals surface area contributed by atoms with E-state index < -0.39 is 0 Å². The standard InChI is InChI=1S/C17H30N3Si/c21-20-19-15-11-6-4-2-1-3-5-10-14-18-16-17-12-8-7-9-13-17/h7-9,12-13,18-20H,1-6,10-11,14-16H2. The van der Waals surface area contributed by atoms with Crippen LogP contribution in [0.25, 0.3) is 0 Å². The Labute approximate surface area is 133 Å². The normalized spacial score (nSPS) is 10.9. The molecule has 0 aliphatic heterocycles. The van der Waals surface area contributed by atoms with E-state index in [1.54, 1.807) is 0 Å². The minimum absolute atomic E-state index is 0.998. The average molecular weight is 305 g/mol. The Balaban J connectivity index is 1.75. The minimum atomic E-state index is 0.998. The van der Waals surface area contributed by atoms with Crippen molar-refractivity contribution in [3.63, 3.8) is 0 Å². The zero-order valence-corrected chi connectivity index (χ0v) is 14.2. The first-order valence-corrected chi connectivity index (χ1v) is 8.82. The molecular formula is C17H30N3Si. The highest BCUT2D eigenvalue weighted by Gasteiger charge is 1.94. The fourth-order valence-electron chi connectivity index (χ4n) is 2.42. The van der Waals surface area contributed by atoms with Crippen LogP contribution < -0.4 is 15.8 Å². The Kier molecular flexibility index (Phi) is 12.5. The van der Waals surface area contributed by atoms with Crippen LogP contribution in [0.4, 0.5) is 0 Å². The molecule has 0 saturated carbocycles. The van der Waals surface area contributed by atoms with Crippen LogP contribution >= 0.6 is 0 Å². The predicted molar refractivity (Wildman–Crippen MR) is 92.0 cm³/mol. The van der Waals surface area contributed by atoms with Crippen LogP contribution in [0.3, 0.4) is 0 Å². The van der Waals surface area contributed by atoms with E-state index in [2.05, 4.69) is 56.6 Å². The summed E-state index contributed by atoms with van der Waals surface area (Å²) in [5, 5.41) is 6.28. The van der Waals surface area contributed by atoms with Crippen molar-refractivity contribution in [3.8, 4) is 0 Å². The van der Waals surface area contributed by atoms with Gasteiger partial charge in [-0.25, -0.2) is 0 Å². The SMILES string of the molecule is [Si]NNCCCCCCCCCCNCc1ccccc1. The first-order valence-electron chi connectivity index (χ1n) is 8.32. The summed E-state index contributed by atoms with van der Waals surface area (Å²) in [6.07, 6.45) is 10.8. The molecule has 117 valence electrons. The molecular weight excluding hydrogens is 274 g/mol. The molecule has 0 aliphatic rings. The van der Waals surface area contributed by atoms with Gasteiger partial charge in [-0.1, -0.05) is 68.9 Å². The maximum absolute atomic E-state index is 3.52. The summed E-state index contributed by atoms with van der Waals surface area (Å²) in [6, 6.07) is 10.6. The molecule has 3 nitrogen and oxygen atoms in total. The van der Waals surface area contributed by atoms with Crippen molar-refractivity contribution in [1.29, 1.82) is 0 Å². The van der Waals surface area contributed by atoms with E-state index in [-0.39, 0.29) is 0 Å². The summed E-state index contributed by atoms with van der Waals surface area (Å²) in [5.41, 5.74) is 4.42. The molecule has 0 fully saturated rings. The van der Waals surface area contributed by atoms with Gasteiger partial charge < -0.3 is 5.32 Å². The van der Waals surface area contributed by atoms with Gasteiger partial charge in [-0.15, -0.1) is 0 Å². The van der Waals surface area contributed by atoms with Crippen molar-refractivity contribution in [3.05, 3.63) is 35.9 Å². The number of hydrogen-bond acceptors (Lipinski definition) is 3. The molecule has 0 amide bonds. The third kappa shape index (κ3) is 11.6. The first kappa shape index (κ1) is 18.4. The lowest BCUT2D eigenvalue weighted by Crippen LogP contribution is -2.29. The monoisotopic (exact) mass is 304 g/mol. The number of hydrazine groups is 1. The number of nitrogens with one attached hydrogen (secondary N) is 3. The van der Waals surface area contributed by atoms with E-state index in [1.165, 1.54) is 56.9 Å². The van der Waals surface area contributed by atoms with Gasteiger partial charge >= 0.3 is 0 Å². The molecule has 3 N–H and O–H groups in total. The predicted octanol–water partition coefficient (Wildman–Crippen LogP) is 3.07. The van der Waals surface area contributed by atoms with Gasteiger partial charge in [-0.05, 0) is 24.9 Å². The Morgan fingerprint density at radius 1 is 0.714 bits per heavy atom. The van der Waals surface area contributed by atoms with Gasteiger partial charge in [-0.3, -0.25) is 10.5 Å². The van der Waals surface area contributed by atoms with Gasteiger partial charge in [0.1, 0.15) is 0 Å². The number of unbranched alkanes of at least 4 members (excludes halogenated alkanes) is 7. The van der Waals surface area contributed by atoms with Crippen molar-refractivity contribution < 1.29 is 0 Å². The zero-order chi connectivity index (χ0) is 15.0. The lowest BCUT2D eigenvalue weighted by Gasteiger charge is -2.05. The molecule has 21 heavy (non-hydrogen) atoms. The van der Waals surface area contributed by atoms with E-state index >= 15 is 0 Å². The smallest absolute Gasteiger partial charge is 0.161 e. The fraction of sp³-hybridized carbons (Fsp3) is 0.647. The summed E-state index contributed by atoms with van der Waals surface area (Å²) in [4.78, 5) is 0. The molecule has 3 radical (unpaired) electrons. The summed E-state index contributed by atoms with van der Waals surface area (Å²) in [5.74, 6) is 0. The van der Waals surface area contributed by atoms with Crippen molar-refractivity contribution in [2.75, 3.05) is 13.1 Å². The van der Waals surface area contributed by atoms with Crippen molar-refractivity contribution in [2.45, 2.75) is 57.9 Å². The third-order valence-electron chi connectivity index (χ3n) is 3.67. The van der Waals surface area contributed by atoms with Crippen LogP contribution in [0.2, 0.25) is 0 Å². The fourth-order valence-corrected chi connectivity index (χ4v) is 2.54.